The minimum absolute atomic E-state index is 0.0631. The number of aryl methyl sites for hydroxylation is 2. The van der Waals surface area contributed by atoms with Crippen LogP contribution in [0.2, 0.25) is 0 Å². The number of amides is 1. The summed E-state index contributed by atoms with van der Waals surface area (Å²) in [5.41, 5.74) is 4.53. The van der Waals surface area contributed by atoms with Crippen LogP contribution in [0.5, 0.6) is 11.5 Å². The summed E-state index contributed by atoms with van der Waals surface area (Å²) in [6.45, 7) is 9.74. The highest BCUT2D eigenvalue weighted by Gasteiger charge is 2.13. The number of carbonyl (C=O) groups excluding carboxylic acids is 1. The Morgan fingerprint density at radius 2 is 1.96 bits per heavy atom. The predicted molar refractivity (Wildman–Crippen MR) is 105 cm³/mol. The van der Waals surface area contributed by atoms with E-state index in [0.29, 0.717) is 11.5 Å². The van der Waals surface area contributed by atoms with Crippen molar-refractivity contribution < 1.29 is 14.3 Å². The van der Waals surface area contributed by atoms with E-state index >= 15 is 0 Å². The minimum Gasteiger partial charge on any atom is -0.493 e. The van der Waals surface area contributed by atoms with Crippen LogP contribution < -0.4 is 14.8 Å². The summed E-state index contributed by atoms with van der Waals surface area (Å²) in [5, 5.41) is 2.99. The van der Waals surface area contributed by atoms with Crippen molar-refractivity contribution in [1.29, 1.82) is 0 Å². The zero-order chi connectivity index (χ0) is 19.1. The molecular weight excluding hydrogens is 326 g/mol. The first-order chi connectivity index (χ1) is 12.4. The SMILES string of the molecule is C=CCc1ccc(OCC(=O)NC(C)c2cc(C)ccc2C)c(OC)c1. The molecule has 0 aliphatic heterocycles. The first kappa shape index (κ1) is 19.6. The highest BCUT2D eigenvalue weighted by molar-refractivity contribution is 5.78. The van der Waals surface area contributed by atoms with E-state index in [0.717, 1.165) is 23.1 Å². The van der Waals surface area contributed by atoms with Gasteiger partial charge in [0.2, 0.25) is 0 Å². The molecule has 0 saturated carbocycles. The van der Waals surface area contributed by atoms with E-state index in [4.69, 9.17) is 9.47 Å². The number of ether oxygens (including phenoxy) is 2. The molecule has 0 aliphatic carbocycles. The zero-order valence-corrected chi connectivity index (χ0v) is 16.0. The lowest BCUT2D eigenvalue weighted by atomic mass is 10.00. The van der Waals surface area contributed by atoms with Gasteiger partial charge in [0.05, 0.1) is 13.2 Å². The Morgan fingerprint density at radius 3 is 2.65 bits per heavy atom. The Labute approximate surface area is 155 Å². The third kappa shape index (κ3) is 5.12. The van der Waals surface area contributed by atoms with Crippen molar-refractivity contribution in [1.82, 2.24) is 5.32 Å². The lowest BCUT2D eigenvalue weighted by Crippen LogP contribution is -2.31. The molecule has 0 bridgehead atoms. The number of allylic oxidation sites excluding steroid dienone is 1. The molecule has 4 nitrogen and oxygen atoms in total. The van der Waals surface area contributed by atoms with Crippen LogP contribution in [0, 0.1) is 13.8 Å². The van der Waals surface area contributed by atoms with Gasteiger partial charge in [0.25, 0.3) is 5.91 Å². The summed E-state index contributed by atoms with van der Waals surface area (Å²) in [6, 6.07) is 11.8. The highest BCUT2D eigenvalue weighted by atomic mass is 16.5. The Bertz CT molecular complexity index is 783. The van der Waals surface area contributed by atoms with E-state index in [1.54, 1.807) is 7.11 Å². The van der Waals surface area contributed by atoms with Gasteiger partial charge in [-0.05, 0) is 56.0 Å². The van der Waals surface area contributed by atoms with E-state index in [2.05, 4.69) is 30.1 Å². The van der Waals surface area contributed by atoms with Crippen molar-refractivity contribution >= 4 is 5.91 Å². The standard InChI is InChI=1S/C22H27NO3/c1-6-7-18-10-11-20(21(13-18)25-5)26-14-22(24)23-17(4)19-12-15(2)8-9-16(19)3/h6,8-13,17H,1,7,14H2,2-5H3,(H,23,24). The lowest BCUT2D eigenvalue weighted by molar-refractivity contribution is -0.123. The van der Waals surface area contributed by atoms with Gasteiger partial charge in [0.1, 0.15) is 0 Å². The first-order valence-electron chi connectivity index (χ1n) is 8.71. The maximum Gasteiger partial charge on any atom is 0.258 e. The van der Waals surface area contributed by atoms with Crippen LogP contribution in [0.4, 0.5) is 0 Å². The maximum atomic E-state index is 12.3. The van der Waals surface area contributed by atoms with Crippen LogP contribution in [0.15, 0.2) is 49.1 Å². The molecular formula is C22H27NO3. The molecule has 1 N–H and O–H groups in total. The molecule has 0 heterocycles. The van der Waals surface area contributed by atoms with E-state index in [-0.39, 0.29) is 18.6 Å². The Morgan fingerprint density at radius 1 is 1.19 bits per heavy atom. The molecule has 2 aromatic rings. The summed E-state index contributed by atoms with van der Waals surface area (Å²) in [6.07, 6.45) is 2.59. The fourth-order valence-corrected chi connectivity index (χ4v) is 2.86. The number of carbonyl (C=O) groups is 1. The molecule has 2 rings (SSSR count). The molecule has 4 heteroatoms. The first-order valence-corrected chi connectivity index (χ1v) is 8.71. The summed E-state index contributed by atoms with van der Waals surface area (Å²) in [5.74, 6) is 0.991. The van der Waals surface area contributed by atoms with Crippen LogP contribution >= 0.6 is 0 Å². The normalized spacial score (nSPS) is 11.5. The predicted octanol–water partition coefficient (Wildman–Crippen LogP) is 4.30. The molecule has 0 saturated heterocycles. The maximum absolute atomic E-state index is 12.3. The van der Waals surface area contributed by atoms with E-state index in [1.165, 1.54) is 5.56 Å². The molecule has 1 atom stereocenters. The fourth-order valence-electron chi connectivity index (χ4n) is 2.86. The van der Waals surface area contributed by atoms with Crippen LogP contribution in [0.25, 0.3) is 0 Å². The number of rotatable bonds is 8. The number of nitrogens with one attached hydrogen (secondary N) is 1. The topological polar surface area (TPSA) is 47.6 Å². The van der Waals surface area contributed by atoms with Crippen molar-refractivity contribution in [3.05, 3.63) is 71.3 Å². The van der Waals surface area contributed by atoms with Gasteiger partial charge < -0.3 is 14.8 Å². The largest absolute Gasteiger partial charge is 0.493 e. The van der Waals surface area contributed by atoms with E-state index in [1.807, 2.05) is 45.0 Å². The van der Waals surface area contributed by atoms with Gasteiger partial charge in [-0.15, -0.1) is 6.58 Å². The van der Waals surface area contributed by atoms with Crippen LogP contribution in [0.3, 0.4) is 0 Å². The second kappa shape index (κ2) is 9.09. The summed E-state index contributed by atoms with van der Waals surface area (Å²) < 4.78 is 11.0. The third-order valence-electron chi connectivity index (χ3n) is 4.25. The van der Waals surface area contributed by atoms with Gasteiger partial charge in [-0.25, -0.2) is 0 Å². The molecule has 2 aromatic carbocycles. The Kier molecular flexibility index (Phi) is 6.84. The summed E-state index contributed by atoms with van der Waals surface area (Å²) >= 11 is 0. The van der Waals surface area contributed by atoms with Gasteiger partial charge in [0.15, 0.2) is 18.1 Å². The number of hydrogen-bond donors (Lipinski definition) is 1. The Hall–Kier alpha value is -2.75. The monoisotopic (exact) mass is 353 g/mol. The van der Waals surface area contributed by atoms with Gasteiger partial charge in [-0.3, -0.25) is 4.79 Å². The van der Waals surface area contributed by atoms with E-state index < -0.39 is 0 Å². The van der Waals surface area contributed by atoms with Gasteiger partial charge in [0, 0.05) is 0 Å². The van der Waals surface area contributed by atoms with Crippen molar-refractivity contribution in [2.24, 2.45) is 0 Å². The molecule has 1 unspecified atom stereocenters. The fraction of sp³-hybridized carbons (Fsp3) is 0.318. The molecule has 0 radical (unpaired) electrons. The molecule has 26 heavy (non-hydrogen) atoms. The van der Waals surface area contributed by atoms with Crippen molar-refractivity contribution in [2.75, 3.05) is 13.7 Å². The van der Waals surface area contributed by atoms with Crippen LogP contribution in [0.1, 0.15) is 35.2 Å². The number of methoxy groups -OCH3 is 1. The average molecular weight is 353 g/mol. The third-order valence-corrected chi connectivity index (χ3v) is 4.25. The second-order valence-corrected chi connectivity index (χ2v) is 6.42. The van der Waals surface area contributed by atoms with Gasteiger partial charge in [-0.1, -0.05) is 35.9 Å². The van der Waals surface area contributed by atoms with Crippen LogP contribution in [-0.4, -0.2) is 19.6 Å². The second-order valence-electron chi connectivity index (χ2n) is 6.42. The zero-order valence-electron chi connectivity index (χ0n) is 16.0. The highest BCUT2D eigenvalue weighted by Crippen LogP contribution is 2.28. The van der Waals surface area contributed by atoms with E-state index in [9.17, 15) is 4.79 Å². The Balaban J connectivity index is 1.98. The average Bonchev–Trinajstić information content (AvgIpc) is 2.62. The van der Waals surface area contributed by atoms with Gasteiger partial charge in [-0.2, -0.15) is 0 Å². The summed E-state index contributed by atoms with van der Waals surface area (Å²) in [4.78, 5) is 12.3. The van der Waals surface area contributed by atoms with Crippen molar-refractivity contribution in [2.45, 2.75) is 33.2 Å². The smallest absolute Gasteiger partial charge is 0.258 e. The van der Waals surface area contributed by atoms with Crippen molar-refractivity contribution in [3.8, 4) is 11.5 Å². The lowest BCUT2D eigenvalue weighted by Gasteiger charge is -2.18. The molecule has 0 aromatic heterocycles. The number of hydrogen-bond acceptors (Lipinski definition) is 3. The molecule has 0 fully saturated rings. The minimum atomic E-state index is -0.171. The van der Waals surface area contributed by atoms with Gasteiger partial charge >= 0.3 is 0 Å². The molecule has 1 amide bonds. The van der Waals surface area contributed by atoms with Crippen LogP contribution in [-0.2, 0) is 11.2 Å². The molecule has 138 valence electrons. The quantitative estimate of drug-likeness (QED) is 0.720. The number of benzene rings is 2. The summed E-state index contributed by atoms with van der Waals surface area (Å²) in [7, 11) is 1.59. The molecule has 0 aliphatic rings. The van der Waals surface area contributed by atoms with Crippen molar-refractivity contribution in [3.63, 3.8) is 0 Å². The molecule has 0 spiro atoms.